The minimum Gasteiger partial charge on any atom is -1.00 e. The lowest BCUT2D eigenvalue weighted by molar-refractivity contribution is -0.395. The highest BCUT2D eigenvalue weighted by Crippen LogP contribution is 2.23. The lowest BCUT2D eigenvalue weighted by atomic mass is 10.2. The van der Waals surface area contributed by atoms with Crippen molar-refractivity contribution < 1.29 is 17.4 Å². The van der Waals surface area contributed by atoms with Crippen LogP contribution in [0, 0.1) is 0 Å². The van der Waals surface area contributed by atoms with E-state index in [0.717, 1.165) is 16.1 Å². The second kappa shape index (κ2) is 8.45. The van der Waals surface area contributed by atoms with Crippen LogP contribution >= 0.6 is 35.6 Å². The van der Waals surface area contributed by atoms with E-state index >= 15 is 0 Å². The molecule has 7 heteroatoms. The first-order valence-corrected chi connectivity index (χ1v) is 8.30. The minimum atomic E-state index is 0. The van der Waals surface area contributed by atoms with Gasteiger partial charge in [-0.25, -0.2) is 4.98 Å². The van der Waals surface area contributed by atoms with Crippen LogP contribution in [0.1, 0.15) is 5.56 Å². The average Bonchev–Trinajstić information content (AvgIpc) is 2.55. The number of aromatic amines is 1. The fourth-order valence-corrected chi connectivity index (χ4v) is 3.17. The van der Waals surface area contributed by atoms with Gasteiger partial charge in [0.05, 0.1) is 0 Å². The summed E-state index contributed by atoms with van der Waals surface area (Å²) in [5, 5.41) is 4.38. The van der Waals surface area contributed by atoms with E-state index in [4.69, 9.17) is 23.8 Å². The number of fused-ring (bicyclic) bond motifs is 1. The molecule has 0 aliphatic carbocycles. The van der Waals surface area contributed by atoms with E-state index < -0.39 is 0 Å². The molecule has 118 valence electrons. The first-order valence-electron chi connectivity index (χ1n) is 6.69. The number of halogens is 2. The van der Waals surface area contributed by atoms with E-state index in [0.29, 0.717) is 16.0 Å². The minimum absolute atomic E-state index is 0. The molecule has 3 aromatic rings. The molecular weight excluding hydrogens is 369 g/mol. The summed E-state index contributed by atoms with van der Waals surface area (Å²) >= 11 is 13.0. The Bertz CT molecular complexity index is 813. The van der Waals surface area contributed by atoms with E-state index in [2.05, 4.69) is 27.4 Å². The van der Waals surface area contributed by atoms with Crippen LogP contribution < -0.4 is 22.7 Å². The van der Waals surface area contributed by atoms with E-state index in [1.807, 2.05) is 42.5 Å². The topological polar surface area (TPSA) is 39.1 Å². The molecule has 2 N–H and O–H groups in total. The highest BCUT2D eigenvalue weighted by Gasteiger charge is 2.16. The molecule has 23 heavy (non-hydrogen) atoms. The molecule has 1 aromatic heterocycles. The second-order valence-electron chi connectivity index (χ2n) is 4.60. The third kappa shape index (κ3) is 4.78. The van der Waals surface area contributed by atoms with Crippen LogP contribution in [0.3, 0.4) is 0 Å². The highest BCUT2D eigenvalue weighted by atomic mass is 35.5. The summed E-state index contributed by atoms with van der Waals surface area (Å²) in [7, 11) is 0. The lowest BCUT2D eigenvalue weighted by Gasteiger charge is -2.06. The van der Waals surface area contributed by atoms with Crippen molar-refractivity contribution in [3.63, 3.8) is 0 Å². The number of hydrogen-bond donors (Lipinski definition) is 1. The van der Waals surface area contributed by atoms with Crippen molar-refractivity contribution in [1.29, 1.82) is 0 Å². The zero-order chi connectivity index (χ0) is 15.4. The summed E-state index contributed by atoms with van der Waals surface area (Å²) in [6.45, 7) is 0.686. The quantitative estimate of drug-likeness (QED) is 0.539. The number of nitrogens with zero attached hydrogens (tertiary/aromatic N) is 1. The zero-order valence-corrected chi connectivity index (χ0v) is 15.1. The van der Waals surface area contributed by atoms with Gasteiger partial charge < -0.3 is 17.7 Å². The van der Waals surface area contributed by atoms with Crippen LogP contribution in [0.2, 0.25) is 5.15 Å². The van der Waals surface area contributed by atoms with Gasteiger partial charge in [0.2, 0.25) is 10.7 Å². The maximum atomic E-state index is 6.21. The van der Waals surface area contributed by atoms with Crippen LogP contribution in [-0.2, 0) is 6.54 Å². The average molecular weight is 382 g/mol. The molecule has 0 unspecified atom stereocenters. The van der Waals surface area contributed by atoms with Crippen molar-refractivity contribution in [1.82, 2.24) is 10.3 Å². The van der Waals surface area contributed by atoms with Crippen LogP contribution in [0.5, 0.6) is 0 Å². The summed E-state index contributed by atoms with van der Waals surface area (Å²) in [4.78, 5) is 7.64. The normalized spacial score (nSPS) is 10.1. The molecule has 0 radical (unpaired) electrons. The van der Waals surface area contributed by atoms with Crippen molar-refractivity contribution >= 4 is 50.9 Å². The molecule has 0 bridgehead atoms. The zero-order valence-electron chi connectivity index (χ0n) is 11.9. The monoisotopic (exact) mass is 381 g/mol. The Kier molecular flexibility index (Phi) is 6.59. The van der Waals surface area contributed by atoms with Gasteiger partial charge in [-0.15, -0.1) is 0 Å². The highest BCUT2D eigenvalue weighted by molar-refractivity contribution is 8.22. The molecule has 0 fully saturated rings. The predicted molar refractivity (Wildman–Crippen MR) is 95.0 cm³/mol. The maximum Gasteiger partial charge on any atom is 0.283 e. The molecule has 0 amide bonds. The van der Waals surface area contributed by atoms with Gasteiger partial charge in [-0.2, -0.15) is 4.98 Å². The van der Waals surface area contributed by atoms with Gasteiger partial charge in [0.15, 0.2) is 0 Å². The number of hydrogen-bond acceptors (Lipinski definition) is 3. The van der Waals surface area contributed by atoms with Gasteiger partial charge in [-0.3, -0.25) is 0 Å². The number of aromatic nitrogens is 2. The third-order valence-corrected chi connectivity index (χ3v) is 4.64. The fraction of sp³-hybridized carbons (Fsp3) is 0.0625. The van der Waals surface area contributed by atoms with Gasteiger partial charge in [0, 0.05) is 24.4 Å². The summed E-state index contributed by atoms with van der Waals surface area (Å²) < 4.78 is 0.652. The Labute approximate surface area is 155 Å². The van der Waals surface area contributed by atoms with Gasteiger partial charge in [-0.05, 0) is 11.6 Å². The van der Waals surface area contributed by atoms with Crippen LogP contribution in [0.15, 0.2) is 59.6 Å². The Morgan fingerprint density at radius 1 is 1.13 bits per heavy atom. The molecule has 2 aromatic carbocycles. The standard InChI is InChI=1S/C16H12ClN3S2.ClH/c17-14-15(20-13-9-5-4-8-12(13)19-14)22-16(21)18-10-11-6-2-1-3-7-11;/h1-9H,10H2,(H,18,21);1H. The Balaban J connectivity index is 0.00000192. The molecule has 0 saturated carbocycles. The summed E-state index contributed by atoms with van der Waals surface area (Å²) in [6.07, 6.45) is 0. The van der Waals surface area contributed by atoms with Crippen molar-refractivity contribution in [3.8, 4) is 0 Å². The molecule has 3 nitrogen and oxygen atoms in total. The van der Waals surface area contributed by atoms with Gasteiger partial charge in [0.25, 0.3) is 5.03 Å². The lowest BCUT2D eigenvalue weighted by Crippen LogP contribution is -3.00. The van der Waals surface area contributed by atoms with E-state index in [1.165, 1.54) is 17.3 Å². The van der Waals surface area contributed by atoms with E-state index in [9.17, 15) is 0 Å². The van der Waals surface area contributed by atoms with Gasteiger partial charge >= 0.3 is 0 Å². The molecule has 1 heterocycles. The number of H-pyrrole nitrogens is 1. The first kappa shape index (κ1) is 17.9. The maximum absolute atomic E-state index is 6.21. The Hall–Kier alpha value is -1.40. The summed E-state index contributed by atoms with van der Waals surface area (Å²) in [5.41, 5.74) is 2.94. The van der Waals surface area contributed by atoms with E-state index in [1.54, 1.807) is 0 Å². The predicted octanol–water partition coefficient (Wildman–Crippen LogP) is 0.873. The Morgan fingerprint density at radius 2 is 1.83 bits per heavy atom. The molecule has 0 saturated heterocycles. The molecular formula is C16H13Cl2N3S2. The van der Waals surface area contributed by atoms with E-state index in [-0.39, 0.29) is 12.4 Å². The van der Waals surface area contributed by atoms with Crippen LogP contribution in [0.4, 0.5) is 0 Å². The first-order chi connectivity index (χ1) is 10.7. The molecule has 0 atom stereocenters. The summed E-state index contributed by atoms with van der Waals surface area (Å²) in [5.74, 6) is 0. The summed E-state index contributed by atoms with van der Waals surface area (Å²) in [6, 6.07) is 17.9. The second-order valence-corrected chi connectivity index (χ2v) is 6.65. The SMILES string of the molecule is S=C(NCc1ccccc1)Sc1[nH+]c2ccccc2nc1Cl.[Cl-]. The number of rotatable bonds is 3. The number of thiocarbonyl (C=S) groups is 1. The number of nitrogens with one attached hydrogen (secondary N) is 2. The fourth-order valence-electron chi connectivity index (χ4n) is 1.97. The number of thioether (sulfide) groups is 1. The third-order valence-electron chi connectivity index (χ3n) is 3.03. The molecule has 0 aliphatic rings. The van der Waals surface area contributed by atoms with Crippen LogP contribution in [-0.4, -0.2) is 9.30 Å². The largest absolute Gasteiger partial charge is 1.00 e. The smallest absolute Gasteiger partial charge is 0.283 e. The van der Waals surface area contributed by atoms with Gasteiger partial charge in [-0.1, -0.05) is 66.3 Å². The Morgan fingerprint density at radius 3 is 2.61 bits per heavy atom. The number of para-hydroxylation sites is 2. The van der Waals surface area contributed by atoms with Crippen molar-refractivity contribution in [3.05, 3.63) is 65.3 Å². The molecule has 0 spiro atoms. The molecule has 3 rings (SSSR count). The molecule has 0 aliphatic heterocycles. The van der Waals surface area contributed by atoms with Gasteiger partial charge in [0.1, 0.15) is 9.84 Å². The van der Waals surface area contributed by atoms with Crippen LogP contribution in [0.25, 0.3) is 11.0 Å². The number of benzene rings is 2. The van der Waals surface area contributed by atoms with Crippen molar-refractivity contribution in [2.45, 2.75) is 11.6 Å². The van der Waals surface area contributed by atoms with Crippen molar-refractivity contribution in [2.24, 2.45) is 0 Å². The van der Waals surface area contributed by atoms with Crippen molar-refractivity contribution in [2.75, 3.05) is 0 Å².